The summed E-state index contributed by atoms with van der Waals surface area (Å²) >= 11 is 0. The van der Waals surface area contributed by atoms with Gasteiger partial charge in [-0.25, -0.2) is 29.1 Å². The molecule has 25 heteroatoms. The van der Waals surface area contributed by atoms with E-state index in [1.807, 2.05) is 0 Å². The van der Waals surface area contributed by atoms with E-state index in [-0.39, 0.29) is 34.1 Å². The van der Waals surface area contributed by atoms with Crippen molar-refractivity contribution in [2.45, 2.75) is 49.1 Å². The van der Waals surface area contributed by atoms with E-state index in [9.17, 15) is 33.9 Å². The Hall–Kier alpha value is -3.44. The van der Waals surface area contributed by atoms with Crippen molar-refractivity contribution in [1.82, 2.24) is 39.0 Å². The molecule has 0 aromatic carbocycles. The molecule has 0 saturated carbocycles. The van der Waals surface area contributed by atoms with E-state index < -0.39 is 83.5 Å². The fraction of sp³-hybridized carbons (Fsp3) is 0.500. The number of nitrogens with two attached hydrogens (primary N) is 2. The number of nitrogen functional groups attached to an aromatic ring is 2. The van der Waals surface area contributed by atoms with Crippen molar-refractivity contribution in [3.8, 4) is 0 Å². The van der Waals surface area contributed by atoms with Crippen molar-refractivity contribution < 1.29 is 56.7 Å². The molecule has 0 aliphatic carbocycles. The van der Waals surface area contributed by atoms with Crippen molar-refractivity contribution >= 4 is 49.7 Å². The summed E-state index contributed by atoms with van der Waals surface area (Å²) in [4.78, 5) is 55.7. The molecule has 0 radical (unpaired) electrons. The number of aromatic amines is 1. The fourth-order valence-corrected chi connectivity index (χ4v) is 7.19. The molecule has 242 valence electrons. The second kappa shape index (κ2) is 10.8. The number of hydrogen-bond donors (Lipinski definition) is 7. The summed E-state index contributed by atoms with van der Waals surface area (Å²) in [6.07, 6.45) is -9.21. The van der Waals surface area contributed by atoms with Crippen molar-refractivity contribution in [2.24, 2.45) is 0 Å². The summed E-state index contributed by atoms with van der Waals surface area (Å²) in [6.45, 7) is -1.65. The third kappa shape index (κ3) is 5.31. The van der Waals surface area contributed by atoms with Gasteiger partial charge in [0.25, 0.3) is 5.56 Å². The molecule has 7 heterocycles. The van der Waals surface area contributed by atoms with E-state index >= 15 is 0 Å². The number of anilines is 2. The molecular formula is C20H24N10O13P2. The Morgan fingerprint density at radius 2 is 1.44 bits per heavy atom. The molecular weight excluding hydrogens is 650 g/mol. The highest BCUT2D eigenvalue weighted by Gasteiger charge is 2.54. The quantitative estimate of drug-likeness (QED) is 0.109. The maximum atomic E-state index is 13.2. The highest BCUT2D eigenvalue weighted by molar-refractivity contribution is 7.47. The minimum Gasteiger partial charge on any atom is -0.387 e. The van der Waals surface area contributed by atoms with Gasteiger partial charge in [-0.3, -0.25) is 37.0 Å². The summed E-state index contributed by atoms with van der Waals surface area (Å²) < 4.78 is 61.1. The summed E-state index contributed by atoms with van der Waals surface area (Å²) in [5, 5.41) is 22.1. The summed E-state index contributed by atoms with van der Waals surface area (Å²) in [5.74, 6) is -0.250. The number of imidazole rings is 2. The van der Waals surface area contributed by atoms with Crippen molar-refractivity contribution in [3.05, 3.63) is 29.3 Å². The number of aliphatic hydroxyl groups is 2. The first-order chi connectivity index (χ1) is 21.3. The Morgan fingerprint density at radius 1 is 0.822 bits per heavy atom. The van der Waals surface area contributed by atoms with Crippen molar-refractivity contribution in [2.75, 3.05) is 24.7 Å². The Kier molecular flexibility index (Phi) is 7.27. The van der Waals surface area contributed by atoms with Gasteiger partial charge in [0.1, 0.15) is 48.5 Å². The lowest BCUT2D eigenvalue weighted by atomic mass is 10.1. The first kappa shape index (κ1) is 30.2. The molecule has 7 rings (SSSR count). The van der Waals surface area contributed by atoms with Crippen LogP contribution in [0.4, 0.5) is 11.8 Å². The lowest BCUT2D eigenvalue weighted by Crippen LogP contribution is -2.36. The van der Waals surface area contributed by atoms with Crippen LogP contribution in [0.2, 0.25) is 0 Å². The first-order valence-electron chi connectivity index (χ1n) is 13.0. The van der Waals surface area contributed by atoms with E-state index in [4.69, 9.17) is 39.0 Å². The normalized spacial score (nSPS) is 37.7. The molecule has 2 unspecified atom stereocenters. The van der Waals surface area contributed by atoms with Crippen LogP contribution in [0.1, 0.15) is 12.5 Å². The second-order valence-corrected chi connectivity index (χ2v) is 13.0. The van der Waals surface area contributed by atoms with Crippen LogP contribution in [-0.4, -0.2) is 109 Å². The van der Waals surface area contributed by atoms with Crippen LogP contribution in [0.15, 0.2) is 23.8 Å². The number of aliphatic hydroxyl groups excluding tert-OH is 2. The zero-order chi connectivity index (χ0) is 31.8. The molecule has 3 saturated heterocycles. The number of phosphoric ester groups is 2. The van der Waals surface area contributed by atoms with E-state index in [1.165, 1.54) is 10.9 Å². The number of nitrogens with zero attached hydrogens (tertiary/aromatic N) is 7. The van der Waals surface area contributed by atoms with E-state index in [0.29, 0.717) is 0 Å². The van der Waals surface area contributed by atoms with Gasteiger partial charge in [0, 0.05) is 0 Å². The van der Waals surface area contributed by atoms with Crippen LogP contribution in [-0.2, 0) is 36.7 Å². The third-order valence-corrected chi connectivity index (χ3v) is 9.29. The average molecular weight is 674 g/mol. The van der Waals surface area contributed by atoms with Crippen LogP contribution < -0.4 is 17.0 Å². The Morgan fingerprint density at radius 3 is 2.18 bits per heavy atom. The van der Waals surface area contributed by atoms with E-state index in [2.05, 4.69) is 29.9 Å². The summed E-state index contributed by atoms with van der Waals surface area (Å²) in [6, 6.07) is 0. The lowest BCUT2D eigenvalue weighted by molar-refractivity contribution is -0.0672. The predicted molar refractivity (Wildman–Crippen MR) is 143 cm³/mol. The van der Waals surface area contributed by atoms with Crippen LogP contribution >= 0.6 is 15.6 Å². The van der Waals surface area contributed by atoms with Crippen LogP contribution in [0.25, 0.3) is 22.3 Å². The van der Waals surface area contributed by atoms with Crippen LogP contribution in [0, 0.1) is 0 Å². The van der Waals surface area contributed by atoms with Gasteiger partial charge in [-0.05, 0) is 0 Å². The minimum atomic E-state index is -5.09. The Labute approximate surface area is 248 Å². The van der Waals surface area contributed by atoms with Gasteiger partial charge in [0.2, 0.25) is 5.95 Å². The van der Waals surface area contributed by atoms with Gasteiger partial charge in [0.05, 0.1) is 25.9 Å². The number of ether oxygens (including phenoxy) is 2. The third-order valence-electron chi connectivity index (χ3n) is 7.32. The van der Waals surface area contributed by atoms with Crippen LogP contribution in [0.5, 0.6) is 0 Å². The van der Waals surface area contributed by atoms with Gasteiger partial charge < -0.3 is 40.9 Å². The molecule has 0 amide bonds. The molecule has 3 aliphatic heterocycles. The molecule has 23 nitrogen and oxygen atoms in total. The second-order valence-electron chi connectivity index (χ2n) is 10.1. The van der Waals surface area contributed by atoms with Gasteiger partial charge >= 0.3 is 15.6 Å². The standard InChI is InChI=1S/C20H24N10O13P2/c21-14-8-15(24-3-23-14)29(4-25-8)19-13-10(31)6(40-19)1-38-44(34,35)42-12-7(2-39-45(36,37)43-13)41-18(11(12)32)30-5-26-9-16(30)27-20(22)28-17(9)33/h3-7,10-13,18-19,31-32H,1-2H2,(H,34,35)(H,36,37)(H2,21,23,24)(H3,22,27,28,33)/t6-,7-,10+,11-,12+,13-,18+,19+/m0/s1. The largest absolute Gasteiger partial charge is 0.472 e. The zero-order valence-electron chi connectivity index (χ0n) is 22.4. The topological polar surface area (TPSA) is 330 Å². The summed E-state index contributed by atoms with van der Waals surface area (Å²) in [5.41, 5.74) is 10.8. The van der Waals surface area contributed by atoms with Gasteiger partial charge in [-0.2, -0.15) is 4.98 Å². The number of aromatic nitrogens is 8. The molecule has 2 bridgehead atoms. The fourth-order valence-electron chi connectivity index (χ4n) is 5.30. The molecule has 45 heavy (non-hydrogen) atoms. The Bertz CT molecular complexity index is 1940. The number of fused-ring (bicyclic) bond motifs is 5. The maximum Gasteiger partial charge on any atom is 0.472 e. The minimum absolute atomic E-state index is 0.0210. The first-order valence-corrected chi connectivity index (χ1v) is 15.9. The molecule has 9 N–H and O–H groups in total. The van der Waals surface area contributed by atoms with Crippen molar-refractivity contribution in [3.63, 3.8) is 0 Å². The Balaban J connectivity index is 1.21. The number of hydrogen-bond acceptors (Lipinski definition) is 18. The highest BCUT2D eigenvalue weighted by atomic mass is 31.2. The van der Waals surface area contributed by atoms with Gasteiger partial charge in [-0.15, -0.1) is 0 Å². The zero-order valence-corrected chi connectivity index (χ0v) is 24.2. The smallest absolute Gasteiger partial charge is 0.387 e. The monoisotopic (exact) mass is 674 g/mol. The number of H-pyrrole nitrogens is 1. The molecule has 3 aliphatic rings. The molecule has 4 aromatic heterocycles. The summed E-state index contributed by atoms with van der Waals surface area (Å²) in [7, 11) is -10.2. The predicted octanol–water partition coefficient (Wildman–Crippen LogP) is -2.34. The number of nitrogens with one attached hydrogen (secondary N) is 1. The lowest BCUT2D eigenvalue weighted by Gasteiger charge is -2.25. The molecule has 0 spiro atoms. The molecule has 10 atom stereocenters. The number of rotatable bonds is 2. The average Bonchev–Trinajstić information content (AvgIpc) is 3.72. The van der Waals surface area contributed by atoms with E-state index in [1.54, 1.807) is 0 Å². The van der Waals surface area contributed by atoms with Crippen LogP contribution in [0.3, 0.4) is 0 Å². The van der Waals surface area contributed by atoms with Gasteiger partial charge in [-0.1, -0.05) is 0 Å². The SMILES string of the molecule is Nc1nc2c(ncn2[C@@H]2O[C@H]3COP(=O)(O)O[C@H]4[C@H](O)[C@H](COP(=O)(O)O[C@H]3[C@@H]2O)O[C@H]4n2cnc3c(N)ncnc32)c(=O)[nH]1. The highest BCUT2D eigenvalue weighted by Crippen LogP contribution is 2.53. The van der Waals surface area contributed by atoms with Gasteiger partial charge in [0.15, 0.2) is 35.1 Å². The van der Waals surface area contributed by atoms with Crippen molar-refractivity contribution in [1.29, 1.82) is 0 Å². The molecule has 4 aromatic rings. The molecule has 3 fully saturated rings. The van der Waals surface area contributed by atoms with E-state index in [0.717, 1.165) is 17.2 Å². The maximum absolute atomic E-state index is 13.2. The number of phosphoric acid groups is 2.